The molecule has 0 atom stereocenters. The second-order valence-corrected chi connectivity index (χ2v) is 7.57. The van der Waals surface area contributed by atoms with Gasteiger partial charge in [-0.15, -0.1) is 0 Å². The van der Waals surface area contributed by atoms with Crippen LogP contribution in [0.3, 0.4) is 0 Å². The molecule has 29 heavy (non-hydrogen) atoms. The van der Waals surface area contributed by atoms with Crippen LogP contribution < -0.4 is 4.74 Å². The van der Waals surface area contributed by atoms with Crippen LogP contribution in [0.25, 0.3) is 5.70 Å². The Morgan fingerprint density at radius 3 is 2.62 bits per heavy atom. The van der Waals surface area contributed by atoms with E-state index in [-0.39, 0.29) is 12.5 Å². The fourth-order valence-electron chi connectivity index (χ4n) is 3.64. The zero-order chi connectivity index (χ0) is 21.6. The summed E-state index contributed by atoms with van der Waals surface area (Å²) in [5.74, 6) is -1.71. The Kier molecular flexibility index (Phi) is 5.07. The van der Waals surface area contributed by atoms with Gasteiger partial charge in [-0.2, -0.15) is 18.4 Å². The zero-order valence-corrected chi connectivity index (χ0v) is 16.3. The lowest BCUT2D eigenvalue weighted by Gasteiger charge is -2.40. The number of fused-ring (bicyclic) bond motifs is 1. The third-order valence-corrected chi connectivity index (χ3v) is 5.07. The molecule has 0 unspecified atom stereocenters. The van der Waals surface area contributed by atoms with Crippen molar-refractivity contribution in [2.24, 2.45) is 0 Å². The minimum atomic E-state index is -5.01. The normalized spacial score (nSPS) is 18.2. The Bertz CT molecular complexity index is 945. The first-order chi connectivity index (χ1) is 13.5. The number of carbonyl (C=O) groups excluding carboxylic acids is 2. The highest BCUT2D eigenvalue weighted by Crippen LogP contribution is 2.44. The van der Waals surface area contributed by atoms with Gasteiger partial charge < -0.3 is 14.5 Å². The predicted octanol–water partition coefficient (Wildman–Crippen LogP) is 3.08. The van der Waals surface area contributed by atoms with Gasteiger partial charge in [0.15, 0.2) is 0 Å². The molecule has 2 heterocycles. The van der Waals surface area contributed by atoms with Crippen LogP contribution in [-0.4, -0.2) is 53.5 Å². The second kappa shape index (κ2) is 7.10. The van der Waals surface area contributed by atoms with E-state index < -0.39 is 17.7 Å². The number of carbonyl (C=O) groups is 2. The van der Waals surface area contributed by atoms with Crippen molar-refractivity contribution in [2.75, 3.05) is 20.1 Å². The Labute approximate surface area is 166 Å². The van der Waals surface area contributed by atoms with Crippen molar-refractivity contribution in [3.8, 4) is 11.8 Å². The van der Waals surface area contributed by atoms with E-state index in [1.807, 2.05) is 6.07 Å². The molecule has 6 nitrogen and oxygen atoms in total. The van der Waals surface area contributed by atoms with Crippen LogP contribution in [0.5, 0.6) is 5.75 Å². The minimum Gasteiger partial charge on any atom is -0.483 e. The summed E-state index contributed by atoms with van der Waals surface area (Å²) in [7, 11) is 1.06. The maximum atomic E-state index is 12.9. The van der Waals surface area contributed by atoms with Crippen LogP contribution in [0.1, 0.15) is 37.8 Å². The number of hydrogen-bond acceptors (Lipinski definition) is 4. The number of amides is 2. The molecule has 2 aliphatic rings. The fourth-order valence-corrected chi connectivity index (χ4v) is 3.64. The number of halogens is 3. The number of ether oxygens (including phenoxy) is 1. The molecule has 1 aromatic rings. The van der Waals surface area contributed by atoms with E-state index in [0.717, 1.165) is 7.05 Å². The number of nitriles is 1. The highest BCUT2D eigenvalue weighted by molar-refractivity contribution is 5.92. The molecule has 0 radical (unpaired) electrons. The lowest BCUT2D eigenvalue weighted by atomic mass is 9.87. The molecule has 1 fully saturated rings. The predicted molar refractivity (Wildman–Crippen MR) is 97.4 cm³/mol. The first kappa shape index (κ1) is 20.7. The largest absolute Gasteiger partial charge is 0.483 e. The average Bonchev–Trinajstić information content (AvgIpc) is 3.05. The van der Waals surface area contributed by atoms with Gasteiger partial charge in [-0.3, -0.25) is 9.59 Å². The average molecular weight is 407 g/mol. The summed E-state index contributed by atoms with van der Waals surface area (Å²) in [5, 5.41) is 9.25. The first-order valence-corrected chi connectivity index (χ1v) is 9.05. The molecule has 0 N–H and O–H groups in total. The van der Waals surface area contributed by atoms with E-state index in [1.54, 1.807) is 32.0 Å². The highest BCUT2D eigenvalue weighted by atomic mass is 19.4. The third kappa shape index (κ3) is 3.79. The lowest BCUT2D eigenvalue weighted by Crippen LogP contribution is -2.46. The monoisotopic (exact) mass is 407 g/mol. The van der Waals surface area contributed by atoms with Gasteiger partial charge in [0.05, 0.1) is 17.3 Å². The van der Waals surface area contributed by atoms with Crippen molar-refractivity contribution < 1.29 is 27.5 Å². The molecule has 2 amide bonds. The fraction of sp³-hybridized carbons (Fsp3) is 0.450. The van der Waals surface area contributed by atoms with Gasteiger partial charge in [0.2, 0.25) is 5.91 Å². The van der Waals surface area contributed by atoms with Crippen LogP contribution >= 0.6 is 0 Å². The van der Waals surface area contributed by atoms with Crippen LogP contribution in [0.2, 0.25) is 0 Å². The Morgan fingerprint density at radius 2 is 2.07 bits per heavy atom. The van der Waals surface area contributed by atoms with Gasteiger partial charge in [-0.25, -0.2) is 0 Å². The minimum absolute atomic E-state index is 0.159. The molecule has 0 aromatic heterocycles. The summed E-state index contributed by atoms with van der Waals surface area (Å²) >= 11 is 0. The van der Waals surface area contributed by atoms with E-state index in [4.69, 9.17) is 4.74 Å². The number of benzene rings is 1. The quantitative estimate of drug-likeness (QED) is 0.772. The molecule has 1 aromatic carbocycles. The SMILES string of the molecule is CN(CC1=C(N2CCCC2=O)c2cc(C#N)ccc2OC1(C)C)C(=O)C(F)(F)F. The molecule has 1 saturated heterocycles. The number of alkyl halides is 3. The van der Waals surface area contributed by atoms with Crippen LogP contribution in [0.4, 0.5) is 13.2 Å². The van der Waals surface area contributed by atoms with Gasteiger partial charge in [-0.05, 0) is 38.5 Å². The van der Waals surface area contributed by atoms with E-state index in [2.05, 4.69) is 0 Å². The third-order valence-electron chi connectivity index (χ3n) is 5.07. The number of likely N-dealkylation sites (tertiary alicyclic amines) is 1. The van der Waals surface area contributed by atoms with Crippen LogP contribution in [0, 0.1) is 11.3 Å². The summed E-state index contributed by atoms with van der Waals surface area (Å²) in [5.41, 5.74) is 0.504. The molecule has 0 spiro atoms. The maximum Gasteiger partial charge on any atom is 0.471 e. The number of nitrogens with zero attached hydrogens (tertiary/aromatic N) is 3. The topological polar surface area (TPSA) is 73.6 Å². The van der Waals surface area contributed by atoms with Gasteiger partial charge >= 0.3 is 12.1 Å². The summed E-state index contributed by atoms with van der Waals surface area (Å²) in [6, 6.07) is 6.75. The number of rotatable bonds is 3. The van der Waals surface area contributed by atoms with Gasteiger partial charge in [0.1, 0.15) is 11.4 Å². The van der Waals surface area contributed by atoms with Gasteiger partial charge in [0.25, 0.3) is 0 Å². The zero-order valence-electron chi connectivity index (χ0n) is 16.3. The van der Waals surface area contributed by atoms with Gasteiger partial charge in [-0.1, -0.05) is 0 Å². The molecule has 3 rings (SSSR count). The van der Waals surface area contributed by atoms with Crippen molar-refractivity contribution in [3.63, 3.8) is 0 Å². The Balaban J connectivity index is 2.19. The molecule has 154 valence electrons. The molecular weight excluding hydrogens is 387 g/mol. The van der Waals surface area contributed by atoms with Crippen LogP contribution in [0.15, 0.2) is 23.8 Å². The summed E-state index contributed by atoms with van der Waals surface area (Å²) in [4.78, 5) is 26.3. The van der Waals surface area contributed by atoms with Crippen LogP contribution in [-0.2, 0) is 9.59 Å². The molecule has 2 aliphatic heterocycles. The smallest absolute Gasteiger partial charge is 0.471 e. The molecular formula is C20H20F3N3O3. The first-order valence-electron chi connectivity index (χ1n) is 9.05. The number of likely N-dealkylation sites (N-methyl/N-ethyl adjacent to an activating group) is 1. The van der Waals surface area contributed by atoms with Crippen molar-refractivity contribution >= 4 is 17.5 Å². The Hall–Kier alpha value is -3.02. The van der Waals surface area contributed by atoms with E-state index in [1.165, 1.54) is 4.90 Å². The number of hydrogen-bond donors (Lipinski definition) is 0. The van der Waals surface area contributed by atoms with Gasteiger partial charge in [0, 0.05) is 37.7 Å². The van der Waals surface area contributed by atoms with Crippen molar-refractivity contribution in [3.05, 3.63) is 34.9 Å². The Morgan fingerprint density at radius 1 is 1.38 bits per heavy atom. The summed E-state index contributed by atoms with van der Waals surface area (Å²) < 4.78 is 44.7. The van der Waals surface area contributed by atoms with E-state index >= 15 is 0 Å². The second-order valence-electron chi connectivity index (χ2n) is 7.57. The maximum absolute atomic E-state index is 12.9. The molecule has 0 aliphatic carbocycles. The van der Waals surface area contributed by atoms with E-state index in [9.17, 15) is 28.0 Å². The van der Waals surface area contributed by atoms with Crippen molar-refractivity contribution in [2.45, 2.75) is 38.5 Å². The molecule has 0 bridgehead atoms. The lowest BCUT2D eigenvalue weighted by molar-refractivity contribution is -0.183. The summed E-state index contributed by atoms with van der Waals surface area (Å²) in [6.45, 7) is 3.38. The molecule has 9 heteroatoms. The molecule has 0 saturated carbocycles. The highest BCUT2D eigenvalue weighted by Gasteiger charge is 2.45. The standard InChI is InChI=1S/C20H20F3N3O3/c1-19(2)14(11-25(3)18(28)20(21,22)23)17(26-8-4-5-16(26)27)13-9-12(10-24)6-7-15(13)29-19/h6-7,9H,4-5,8,11H2,1-3H3. The van der Waals surface area contributed by atoms with Crippen molar-refractivity contribution in [1.29, 1.82) is 5.26 Å². The van der Waals surface area contributed by atoms with Crippen molar-refractivity contribution in [1.82, 2.24) is 9.80 Å². The summed E-state index contributed by atoms with van der Waals surface area (Å²) in [6.07, 6.45) is -4.07. The van der Waals surface area contributed by atoms with E-state index in [0.29, 0.717) is 52.4 Å².